The fraction of sp³-hybridized carbons (Fsp3) is 0.364. The van der Waals surface area contributed by atoms with Gasteiger partial charge in [-0.15, -0.1) is 0 Å². The SMILES string of the molecule is COC(=O)C[C@H](CC(=O)O)O[Si](c1ccccc1)(c1ccccc1)C(C)(C)C. The summed E-state index contributed by atoms with van der Waals surface area (Å²) in [6, 6.07) is 19.8. The third kappa shape index (κ3) is 4.88. The van der Waals surface area contributed by atoms with Gasteiger partial charge in [-0.1, -0.05) is 81.4 Å². The highest BCUT2D eigenvalue weighted by molar-refractivity contribution is 6.99. The Morgan fingerprint density at radius 1 is 0.929 bits per heavy atom. The smallest absolute Gasteiger partial charge is 0.308 e. The molecule has 2 aromatic rings. The third-order valence-corrected chi connectivity index (χ3v) is 9.88. The first kappa shape index (κ1) is 21.9. The Morgan fingerprint density at radius 3 is 1.75 bits per heavy atom. The largest absolute Gasteiger partial charge is 0.481 e. The second kappa shape index (κ2) is 9.17. The minimum Gasteiger partial charge on any atom is -0.481 e. The van der Waals surface area contributed by atoms with Crippen molar-refractivity contribution in [3.8, 4) is 0 Å². The topological polar surface area (TPSA) is 72.8 Å². The van der Waals surface area contributed by atoms with Gasteiger partial charge >= 0.3 is 11.9 Å². The second-order valence-corrected chi connectivity index (χ2v) is 12.0. The number of carbonyl (C=O) groups is 2. The van der Waals surface area contributed by atoms with Crippen molar-refractivity contribution in [2.45, 2.75) is 44.8 Å². The van der Waals surface area contributed by atoms with Gasteiger partial charge in [0.1, 0.15) is 0 Å². The summed E-state index contributed by atoms with van der Waals surface area (Å²) in [6.45, 7) is 6.32. The lowest BCUT2D eigenvalue weighted by molar-refractivity contribution is -0.144. The van der Waals surface area contributed by atoms with Crippen LogP contribution in [0, 0.1) is 0 Å². The summed E-state index contributed by atoms with van der Waals surface area (Å²) in [5, 5.41) is 11.2. The number of ether oxygens (including phenoxy) is 1. The minimum absolute atomic E-state index is 0.104. The Bertz CT molecular complexity index is 744. The van der Waals surface area contributed by atoms with Crippen molar-refractivity contribution in [2.75, 3.05) is 7.11 Å². The normalized spacial score (nSPS) is 13.0. The molecule has 0 aliphatic carbocycles. The molecule has 0 fully saturated rings. The summed E-state index contributed by atoms with van der Waals surface area (Å²) in [7, 11) is -1.64. The molecule has 2 rings (SSSR count). The molecular weight excluding hydrogens is 372 g/mol. The van der Waals surface area contributed by atoms with E-state index in [1.807, 2.05) is 60.7 Å². The van der Waals surface area contributed by atoms with Crippen LogP contribution in [-0.2, 0) is 18.8 Å². The lowest BCUT2D eigenvalue weighted by atomic mass is 10.2. The maximum absolute atomic E-state index is 11.9. The highest BCUT2D eigenvalue weighted by Gasteiger charge is 2.51. The zero-order valence-corrected chi connectivity index (χ0v) is 17.8. The molecule has 28 heavy (non-hydrogen) atoms. The maximum Gasteiger partial charge on any atom is 0.308 e. The van der Waals surface area contributed by atoms with Gasteiger partial charge in [-0.25, -0.2) is 0 Å². The van der Waals surface area contributed by atoms with E-state index in [2.05, 4.69) is 20.8 Å². The van der Waals surface area contributed by atoms with Crippen LogP contribution >= 0.6 is 0 Å². The van der Waals surface area contributed by atoms with Crippen LogP contribution < -0.4 is 10.4 Å². The van der Waals surface area contributed by atoms with E-state index in [1.165, 1.54) is 7.11 Å². The van der Waals surface area contributed by atoms with Gasteiger partial charge in [-0.2, -0.15) is 0 Å². The lowest BCUT2D eigenvalue weighted by Crippen LogP contribution is -2.67. The first-order valence-electron chi connectivity index (χ1n) is 9.28. The number of esters is 1. The van der Waals surface area contributed by atoms with E-state index in [-0.39, 0.29) is 17.9 Å². The molecule has 0 unspecified atom stereocenters. The molecule has 0 saturated carbocycles. The van der Waals surface area contributed by atoms with Crippen molar-refractivity contribution >= 4 is 30.6 Å². The molecule has 0 bridgehead atoms. The first-order chi connectivity index (χ1) is 13.2. The van der Waals surface area contributed by atoms with Crippen LogP contribution in [0.3, 0.4) is 0 Å². The van der Waals surface area contributed by atoms with Crippen LogP contribution in [0.4, 0.5) is 0 Å². The second-order valence-electron chi connectivity index (χ2n) is 7.78. The van der Waals surface area contributed by atoms with Crippen molar-refractivity contribution in [1.82, 2.24) is 0 Å². The number of carbonyl (C=O) groups excluding carboxylic acids is 1. The number of benzene rings is 2. The van der Waals surface area contributed by atoms with Crippen molar-refractivity contribution in [3.05, 3.63) is 60.7 Å². The van der Waals surface area contributed by atoms with Crippen molar-refractivity contribution in [1.29, 1.82) is 0 Å². The molecule has 5 nitrogen and oxygen atoms in total. The highest BCUT2D eigenvalue weighted by Crippen LogP contribution is 2.38. The molecule has 1 atom stereocenters. The molecule has 0 aliphatic heterocycles. The molecule has 0 spiro atoms. The average Bonchev–Trinajstić information content (AvgIpc) is 2.65. The van der Waals surface area contributed by atoms with Crippen molar-refractivity contribution < 1.29 is 23.9 Å². The van der Waals surface area contributed by atoms with Gasteiger partial charge in [-0.05, 0) is 15.4 Å². The van der Waals surface area contributed by atoms with Gasteiger partial charge in [0.05, 0.1) is 26.1 Å². The Balaban J connectivity index is 2.65. The number of rotatable bonds is 8. The quantitative estimate of drug-likeness (QED) is 0.545. The molecule has 6 heteroatoms. The van der Waals surface area contributed by atoms with Gasteiger partial charge in [-0.3, -0.25) is 9.59 Å². The number of hydrogen-bond acceptors (Lipinski definition) is 4. The Labute approximate surface area is 167 Å². The Kier molecular flexibility index (Phi) is 7.15. The first-order valence-corrected chi connectivity index (χ1v) is 11.2. The van der Waals surface area contributed by atoms with Gasteiger partial charge in [0, 0.05) is 0 Å². The van der Waals surface area contributed by atoms with Gasteiger partial charge < -0.3 is 14.3 Å². The summed E-state index contributed by atoms with van der Waals surface area (Å²) >= 11 is 0. The number of carboxylic acids is 1. The number of methoxy groups -OCH3 is 1. The molecule has 0 saturated heterocycles. The molecule has 2 aromatic carbocycles. The molecular formula is C22H28O5Si. The Morgan fingerprint density at radius 2 is 1.39 bits per heavy atom. The predicted molar refractivity (Wildman–Crippen MR) is 111 cm³/mol. The molecule has 0 radical (unpaired) electrons. The zero-order chi connectivity index (χ0) is 20.8. The van der Waals surface area contributed by atoms with Crippen LogP contribution in [-0.4, -0.2) is 38.6 Å². The minimum atomic E-state index is -2.93. The van der Waals surface area contributed by atoms with Crippen LogP contribution in [0.5, 0.6) is 0 Å². The zero-order valence-electron chi connectivity index (χ0n) is 16.8. The fourth-order valence-electron chi connectivity index (χ4n) is 3.56. The molecule has 150 valence electrons. The Hall–Kier alpha value is -2.44. The highest BCUT2D eigenvalue weighted by atomic mass is 28.4. The standard InChI is InChI=1S/C22H28O5Si/c1-22(2,3)28(18-11-7-5-8-12-18,19-13-9-6-10-14-19)27-17(15-20(23)24)16-21(25)26-4/h5-14,17H,15-16H2,1-4H3,(H,23,24)/t17-/m0/s1. The third-order valence-electron chi connectivity index (χ3n) is 4.78. The number of hydrogen-bond donors (Lipinski definition) is 1. The monoisotopic (exact) mass is 400 g/mol. The number of carboxylic acid groups (broad SMARTS) is 1. The lowest BCUT2D eigenvalue weighted by Gasteiger charge is -2.45. The van der Waals surface area contributed by atoms with E-state index in [0.29, 0.717) is 0 Å². The van der Waals surface area contributed by atoms with Crippen LogP contribution in [0.2, 0.25) is 5.04 Å². The van der Waals surface area contributed by atoms with Crippen LogP contribution in [0.1, 0.15) is 33.6 Å². The summed E-state index contributed by atoms with van der Waals surface area (Å²) in [5.41, 5.74) is 0. The fourth-order valence-corrected chi connectivity index (χ4v) is 8.24. The van der Waals surface area contributed by atoms with E-state index in [9.17, 15) is 14.7 Å². The van der Waals surface area contributed by atoms with Crippen molar-refractivity contribution in [2.24, 2.45) is 0 Å². The van der Waals surface area contributed by atoms with E-state index in [0.717, 1.165) is 10.4 Å². The van der Waals surface area contributed by atoms with Crippen molar-refractivity contribution in [3.63, 3.8) is 0 Å². The summed E-state index contributed by atoms with van der Waals surface area (Å²) in [5.74, 6) is -1.49. The molecule has 1 N–H and O–H groups in total. The predicted octanol–water partition coefficient (Wildman–Crippen LogP) is 2.97. The summed E-state index contributed by atoms with van der Waals surface area (Å²) < 4.78 is 11.5. The molecule has 0 aromatic heterocycles. The van der Waals surface area contributed by atoms with Gasteiger partial charge in [0.15, 0.2) is 0 Å². The molecule has 0 aliphatic rings. The summed E-state index contributed by atoms with van der Waals surface area (Å²) in [6.07, 6.45) is -1.15. The van der Waals surface area contributed by atoms with Crippen LogP contribution in [0.25, 0.3) is 0 Å². The van der Waals surface area contributed by atoms with E-state index < -0.39 is 26.4 Å². The van der Waals surface area contributed by atoms with Gasteiger partial charge in [0.2, 0.25) is 0 Å². The van der Waals surface area contributed by atoms with Gasteiger partial charge in [0.25, 0.3) is 8.32 Å². The average molecular weight is 401 g/mol. The van der Waals surface area contributed by atoms with Crippen LogP contribution in [0.15, 0.2) is 60.7 Å². The molecule has 0 heterocycles. The van der Waals surface area contributed by atoms with E-state index in [1.54, 1.807) is 0 Å². The maximum atomic E-state index is 11.9. The van der Waals surface area contributed by atoms with E-state index >= 15 is 0 Å². The van der Waals surface area contributed by atoms with E-state index in [4.69, 9.17) is 9.16 Å². The number of aliphatic carboxylic acids is 1. The summed E-state index contributed by atoms with van der Waals surface area (Å²) in [4.78, 5) is 23.4. The molecule has 0 amide bonds.